The zero-order chi connectivity index (χ0) is 16.7. The second kappa shape index (κ2) is 8.43. The maximum atomic E-state index is 12.0. The second-order valence-electron chi connectivity index (χ2n) is 5.33. The summed E-state index contributed by atoms with van der Waals surface area (Å²) in [6, 6.07) is 7.86. The quantitative estimate of drug-likeness (QED) is 0.777. The Labute approximate surface area is 139 Å². The van der Waals surface area contributed by atoms with E-state index in [0.29, 0.717) is 10.7 Å². The molecule has 5 nitrogen and oxygen atoms in total. The van der Waals surface area contributed by atoms with Gasteiger partial charge in [-0.2, -0.15) is 0 Å². The van der Waals surface area contributed by atoms with Gasteiger partial charge >= 0.3 is 5.97 Å². The fraction of sp³-hybridized carbons (Fsp3) is 0.353. The van der Waals surface area contributed by atoms with Crippen LogP contribution in [0.3, 0.4) is 0 Å². The van der Waals surface area contributed by atoms with E-state index in [0.717, 1.165) is 24.9 Å². The number of carboxylic acid groups (broad SMARTS) is 1. The lowest BCUT2D eigenvalue weighted by molar-refractivity contribution is -0.136. The van der Waals surface area contributed by atoms with Crippen LogP contribution in [0.4, 0.5) is 5.69 Å². The smallest absolute Gasteiger partial charge is 0.309 e. The minimum atomic E-state index is -0.922. The monoisotopic (exact) mass is 332 g/mol. The Morgan fingerprint density at radius 2 is 1.96 bits per heavy atom. The van der Waals surface area contributed by atoms with E-state index in [1.54, 1.807) is 5.38 Å². The van der Waals surface area contributed by atoms with E-state index in [-0.39, 0.29) is 18.7 Å². The summed E-state index contributed by atoms with van der Waals surface area (Å²) >= 11 is 1.31. The average Bonchev–Trinajstić information content (AvgIpc) is 2.92. The Kier molecular flexibility index (Phi) is 6.29. The number of carbonyl (C=O) groups excluding carboxylic acids is 1. The van der Waals surface area contributed by atoms with Gasteiger partial charge in [-0.05, 0) is 30.5 Å². The summed E-state index contributed by atoms with van der Waals surface area (Å²) in [5.74, 6) is -1.07. The average molecular weight is 332 g/mol. The first kappa shape index (κ1) is 17.1. The minimum Gasteiger partial charge on any atom is -0.481 e. The van der Waals surface area contributed by atoms with Gasteiger partial charge in [0.15, 0.2) is 0 Å². The molecular formula is C17H20N2O3S. The number of nitrogens with zero attached hydrogens (tertiary/aromatic N) is 1. The molecule has 0 atom stereocenters. The lowest BCUT2D eigenvalue weighted by Crippen LogP contribution is -2.14. The summed E-state index contributed by atoms with van der Waals surface area (Å²) in [4.78, 5) is 26.8. The van der Waals surface area contributed by atoms with Crippen LogP contribution in [-0.2, 0) is 28.9 Å². The van der Waals surface area contributed by atoms with E-state index in [1.807, 2.05) is 24.3 Å². The van der Waals surface area contributed by atoms with Gasteiger partial charge in [0, 0.05) is 11.1 Å². The molecule has 1 heterocycles. The van der Waals surface area contributed by atoms with Crippen molar-refractivity contribution in [2.24, 2.45) is 0 Å². The van der Waals surface area contributed by atoms with Crippen molar-refractivity contribution in [1.29, 1.82) is 0 Å². The van der Waals surface area contributed by atoms with Gasteiger partial charge in [-0.15, -0.1) is 11.3 Å². The van der Waals surface area contributed by atoms with Gasteiger partial charge in [-0.25, -0.2) is 4.98 Å². The molecule has 0 bridgehead atoms. The van der Waals surface area contributed by atoms with Gasteiger partial charge < -0.3 is 10.4 Å². The van der Waals surface area contributed by atoms with Crippen LogP contribution in [-0.4, -0.2) is 22.0 Å². The number of benzene rings is 1. The van der Waals surface area contributed by atoms with Crippen LogP contribution in [0.5, 0.6) is 0 Å². The number of aliphatic carboxylic acids is 1. The molecule has 0 aliphatic rings. The van der Waals surface area contributed by atoms with Crippen molar-refractivity contribution in [3.63, 3.8) is 0 Å². The summed E-state index contributed by atoms with van der Waals surface area (Å²) in [5.41, 5.74) is 2.52. The number of amides is 1. The minimum absolute atomic E-state index is 0.114. The first-order valence-electron chi connectivity index (χ1n) is 7.60. The van der Waals surface area contributed by atoms with Crippen molar-refractivity contribution in [3.8, 4) is 0 Å². The SMILES string of the molecule is CCCCc1ccc(NC(=O)Cc2nc(CC(=O)O)cs2)cc1. The number of aromatic nitrogens is 1. The van der Waals surface area contributed by atoms with E-state index in [4.69, 9.17) is 5.11 Å². The number of carbonyl (C=O) groups is 2. The molecule has 0 unspecified atom stereocenters. The van der Waals surface area contributed by atoms with Crippen molar-refractivity contribution in [2.45, 2.75) is 39.0 Å². The molecule has 0 saturated carbocycles. The van der Waals surface area contributed by atoms with Crippen molar-refractivity contribution in [2.75, 3.05) is 5.32 Å². The first-order valence-corrected chi connectivity index (χ1v) is 8.48. The van der Waals surface area contributed by atoms with E-state index >= 15 is 0 Å². The highest BCUT2D eigenvalue weighted by molar-refractivity contribution is 7.09. The molecular weight excluding hydrogens is 312 g/mol. The molecule has 6 heteroatoms. The topological polar surface area (TPSA) is 79.3 Å². The molecule has 0 fully saturated rings. The number of hydrogen-bond donors (Lipinski definition) is 2. The van der Waals surface area contributed by atoms with Gasteiger partial charge in [0.25, 0.3) is 0 Å². The highest BCUT2D eigenvalue weighted by atomic mass is 32.1. The van der Waals surface area contributed by atoms with Crippen LogP contribution >= 0.6 is 11.3 Å². The van der Waals surface area contributed by atoms with Gasteiger partial charge in [-0.3, -0.25) is 9.59 Å². The van der Waals surface area contributed by atoms with E-state index in [9.17, 15) is 9.59 Å². The number of anilines is 1. The van der Waals surface area contributed by atoms with Gasteiger partial charge in [0.2, 0.25) is 5.91 Å². The van der Waals surface area contributed by atoms with Gasteiger partial charge in [0.1, 0.15) is 5.01 Å². The molecule has 0 spiro atoms. The summed E-state index contributed by atoms with van der Waals surface area (Å²) in [7, 11) is 0. The molecule has 2 N–H and O–H groups in total. The Bertz CT molecular complexity index is 665. The fourth-order valence-electron chi connectivity index (χ4n) is 2.14. The predicted molar refractivity (Wildman–Crippen MR) is 90.8 cm³/mol. The van der Waals surface area contributed by atoms with Gasteiger partial charge in [0.05, 0.1) is 18.5 Å². The Morgan fingerprint density at radius 1 is 1.22 bits per heavy atom. The standard InChI is InChI=1S/C17H20N2O3S/c1-2-3-4-12-5-7-13(8-6-12)18-15(20)10-16-19-14(11-23-16)9-17(21)22/h5-8,11H,2-4,9-10H2,1H3,(H,18,20)(H,21,22). The van der Waals surface area contributed by atoms with E-state index in [1.165, 1.54) is 16.9 Å². The first-order chi connectivity index (χ1) is 11.1. The molecule has 2 aromatic rings. The summed E-state index contributed by atoms with van der Waals surface area (Å²) in [6.45, 7) is 2.16. The number of rotatable bonds is 8. The molecule has 0 aliphatic heterocycles. The number of nitrogens with one attached hydrogen (secondary N) is 1. The van der Waals surface area contributed by atoms with Crippen molar-refractivity contribution < 1.29 is 14.7 Å². The molecule has 1 aromatic heterocycles. The molecule has 2 rings (SSSR count). The largest absolute Gasteiger partial charge is 0.481 e. The molecule has 23 heavy (non-hydrogen) atoms. The highest BCUT2D eigenvalue weighted by Gasteiger charge is 2.10. The second-order valence-corrected chi connectivity index (χ2v) is 6.27. The molecule has 0 radical (unpaired) electrons. The zero-order valence-corrected chi connectivity index (χ0v) is 13.9. The maximum absolute atomic E-state index is 12.0. The molecule has 122 valence electrons. The summed E-state index contributed by atoms with van der Waals surface area (Å²) in [5, 5.41) is 13.9. The molecule has 0 aliphatic carbocycles. The Balaban J connectivity index is 1.86. The highest BCUT2D eigenvalue weighted by Crippen LogP contribution is 2.14. The molecule has 1 aromatic carbocycles. The molecule has 1 amide bonds. The number of hydrogen-bond acceptors (Lipinski definition) is 4. The van der Waals surface area contributed by atoms with Crippen LogP contribution in [0.15, 0.2) is 29.6 Å². The predicted octanol–water partition coefficient (Wildman–Crippen LogP) is 3.29. The van der Waals surface area contributed by atoms with E-state index in [2.05, 4.69) is 17.2 Å². The normalized spacial score (nSPS) is 10.5. The number of carboxylic acids is 1. The third kappa shape index (κ3) is 5.83. The number of unbranched alkanes of at least 4 members (excludes halogenated alkanes) is 1. The van der Waals surface area contributed by atoms with Gasteiger partial charge in [-0.1, -0.05) is 25.5 Å². The number of thiazole rings is 1. The summed E-state index contributed by atoms with van der Waals surface area (Å²) in [6.07, 6.45) is 3.42. The lowest BCUT2D eigenvalue weighted by atomic mass is 10.1. The summed E-state index contributed by atoms with van der Waals surface area (Å²) < 4.78 is 0. The molecule has 0 saturated heterocycles. The van der Waals surface area contributed by atoms with Crippen LogP contribution < -0.4 is 5.32 Å². The van der Waals surface area contributed by atoms with Crippen LogP contribution in [0, 0.1) is 0 Å². The third-order valence-electron chi connectivity index (χ3n) is 3.30. The van der Waals surface area contributed by atoms with Crippen molar-refractivity contribution in [3.05, 3.63) is 45.9 Å². The van der Waals surface area contributed by atoms with E-state index < -0.39 is 5.97 Å². The lowest BCUT2D eigenvalue weighted by Gasteiger charge is -2.05. The Hall–Kier alpha value is -2.21. The third-order valence-corrected chi connectivity index (χ3v) is 4.20. The van der Waals surface area contributed by atoms with Crippen LogP contribution in [0.25, 0.3) is 0 Å². The van der Waals surface area contributed by atoms with Crippen molar-refractivity contribution in [1.82, 2.24) is 4.98 Å². The maximum Gasteiger partial charge on any atom is 0.309 e. The number of aryl methyl sites for hydroxylation is 1. The fourth-order valence-corrected chi connectivity index (χ4v) is 2.94. The van der Waals surface area contributed by atoms with Crippen LogP contribution in [0.2, 0.25) is 0 Å². The van der Waals surface area contributed by atoms with Crippen molar-refractivity contribution >= 4 is 28.9 Å². The zero-order valence-electron chi connectivity index (χ0n) is 13.0. The Morgan fingerprint density at radius 3 is 2.61 bits per heavy atom. The van der Waals surface area contributed by atoms with Crippen LogP contribution in [0.1, 0.15) is 36.0 Å².